The van der Waals surface area contributed by atoms with Gasteiger partial charge in [0.25, 0.3) is 0 Å². The number of hydrogen-bond donors (Lipinski definition) is 1. The predicted octanol–water partition coefficient (Wildman–Crippen LogP) is 2.40. The highest BCUT2D eigenvalue weighted by Gasteiger charge is 2.33. The van der Waals surface area contributed by atoms with Gasteiger partial charge in [0, 0.05) is 6.54 Å². The minimum absolute atomic E-state index is 0.166. The summed E-state index contributed by atoms with van der Waals surface area (Å²) in [6.45, 7) is 0.166. The number of nitrogens with two attached hydrogens (primary N) is 1. The first-order valence-electron chi connectivity index (χ1n) is 4.90. The van der Waals surface area contributed by atoms with E-state index >= 15 is 0 Å². The Hall–Kier alpha value is -1.60. The normalized spacial score (nSPS) is 11.8. The largest absolute Gasteiger partial charge is 0.417 e. The molecule has 0 aliphatic rings. The zero-order chi connectivity index (χ0) is 13.3. The van der Waals surface area contributed by atoms with Crippen molar-refractivity contribution < 1.29 is 13.2 Å². The molecule has 2 aromatic rings. The molecule has 1 aromatic carbocycles. The predicted molar refractivity (Wildman–Crippen MR) is 59.3 cm³/mol. The Balaban J connectivity index is 2.47. The van der Waals surface area contributed by atoms with E-state index in [0.717, 1.165) is 6.07 Å². The summed E-state index contributed by atoms with van der Waals surface area (Å²) in [5.41, 5.74) is 5.14. The van der Waals surface area contributed by atoms with Gasteiger partial charge in [0.1, 0.15) is 0 Å². The minimum atomic E-state index is -4.51. The zero-order valence-corrected chi connectivity index (χ0v) is 9.70. The van der Waals surface area contributed by atoms with Crippen LogP contribution in [-0.4, -0.2) is 15.0 Å². The van der Waals surface area contributed by atoms with Gasteiger partial charge in [-0.1, -0.05) is 16.8 Å². The molecule has 0 atom stereocenters. The summed E-state index contributed by atoms with van der Waals surface area (Å²) < 4.78 is 39.2. The molecule has 0 bridgehead atoms. The zero-order valence-electron chi connectivity index (χ0n) is 8.95. The van der Waals surface area contributed by atoms with Crippen LogP contribution in [0.1, 0.15) is 11.3 Å². The van der Waals surface area contributed by atoms with Gasteiger partial charge in [0.15, 0.2) is 0 Å². The van der Waals surface area contributed by atoms with Gasteiger partial charge in [0.05, 0.1) is 28.2 Å². The lowest BCUT2D eigenvalue weighted by Crippen LogP contribution is -2.07. The molecule has 0 spiro atoms. The van der Waals surface area contributed by atoms with Crippen LogP contribution in [-0.2, 0) is 12.7 Å². The summed E-state index contributed by atoms with van der Waals surface area (Å²) in [6.07, 6.45) is -3.05. The molecule has 0 saturated carbocycles. The van der Waals surface area contributed by atoms with E-state index in [2.05, 4.69) is 10.3 Å². The molecule has 0 radical (unpaired) electrons. The molecule has 18 heavy (non-hydrogen) atoms. The van der Waals surface area contributed by atoms with Crippen molar-refractivity contribution in [1.29, 1.82) is 0 Å². The highest BCUT2D eigenvalue weighted by atomic mass is 35.5. The van der Waals surface area contributed by atoms with Crippen LogP contribution in [0.4, 0.5) is 13.2 Å². The second-order valence-corrected chi connectivity index (χ2v) is 3.93. The monoisotopic (exact) mass is 276 g/mol. The Morgan fingerprint density at radius 3 is 2.61 bits per heavy atom. The summed E-state index contributed by atoms with van der Waals surface area (Å²) in [6, 6.07) is 3.51. The van der Waals surface area contributed by atoms with Gasteiger partial charge in [-0.3, -0.25) is 0 Å². The van der Waals surface area contributed by atoms with Gasteiger partial charge in [0.2, 0.25) is 0 Å². The molecule has 0 saturated heterocycles. The van der Waals surface area contributed by atoms with Gasteiger partial charge in [-0.05, 0) is 18.2 Å². The molecule has 0 aliphatic carbocycles. The lowest BCUT2D eigenvalue weighted by atomic mass is 10.2. The smallest absolute Gasteiger partial charge is 0.325 e. The van der Waals surface area contributed by atoms with Crippen molar-refractivity contribution in [2.45, 2.75) is 12.7 Å². The van der Waals surface area contributed by atoms with E-state index in [0.29, 0.717) is 5.69 Å². The summed E-state index contributed by atoms with van der Waals surface area (Å²) in [5.74, 6) is 0. The highest BCUT2D eigenvalue weighted by molar-refractivity contribution is 6.31. The molecule has 4 nitrogen and oxygen atoms in total. The molecule has 8 heteroatoms. The van der Waals surface area contributed by atoms with Crippen LogP contribution in [0, 0.1) is 0 Å². The van der Waals surface area contributed by atoms with Gasteiger partial charge in [-0.2, -0.15) is 13.2 Å². The molecular weight excluding hydrogens is 269 g/mol. The Morgan fingerprint density at radius 2 is 2.06 bits per heavy atom. The standard InChI is InChI=1S/C10H8ClF3N4/c11-9-2-1-7(3-8(9)10(12,13)14)18-5-6(4-15)16-17-18/h1-3,5H,4,15H2. The maximum absolute atomic E-state index is 12.7. The Labute approximate surface area is 105 Å². The van der Waals surface area contributed by atoms with E-state index in [9.17, 15) is 13.2 Å². The van der Waals surface area contributed by atoms with Crippen LogP contribution in [0.5, 0.6) is 0 Å². The number of rotatable bonds is 2. The number of benzene rings is 1. The second kappa shape index (κ2) is 4.58. The second-order valence-electron chi connectivity index (χ2n) is 3.52. The van der Waals surface area contributed by atoms with Crippen molar-refractivity contribution in [3.05, 3.63) is 40.7 Å². The van der Waals surface area contributed by atoms with Gasteiger partial charge < -0.3 is 5.73 Å². The summed E-state index contributed by atoms with van der Waals surface area (Å²) in [5, 5.41) is 7.03. The molecule has 1 aromatic heterocycles. The molecule has 0 unspecified atom stereocenters. The number of aromatic nitrogens is 3. The maximum atomic E-state index is 12.7. The third-order valence-corrected chi connectivity index (χ3v) is 2.60. The third-order valence-electron chi connectivity index (χ3n) is 2.27. The highest BCUT2D eigenvalue weighted by Crippen LogP contribution is 2.35. The lowest BCUT2D eigenvalue weighted by Gasteiger charge is -2.10. The topological polar surface area (TPSA) is 56.7 Å². The third kappa shape index (κ3) is 2.46. The Bertz CT molecular complexity index is 564. The Kier molecular flexibility index (Phi) is 3.27. The number of hydrogen-bond acceptors (Lipinski definition) is 3. The first kappa shape index (κ1) is 12.8. The van der Waals surface area contributed by atoms with Crippen LogP contribution in [0.25, 0.3) is 5.69 Å². The van der Waals surface area contributed by atoms with Crippen LogP contribution >= 0.6 is 11.6 Å². The molecule has 0 aliphatic heterocycles. The van der Waals surface area contributed by atoms with Crippen molar-refractivity contribution in [2.24, 2.45) is 5.73 Å². The van der Waals surface area contributed by atoms with E-state index in [4.69, 9.17) is 17.3 Å². The van der Waals surface area contributed by atoms with E-state index in [1.807, 2.05) is 0 Å². The fourth-order valence-corrected chi connectivity index (χ4v) is 1.62. The molecule has 96 valence electrons. The average molecular weight is 277 g/mol. The van der Waals surface area contributed by atoms with Crippen molar-refractivity contribution in [3.8, 4) is 5.69 Å². The van der Waals surface area contributed by atoms with Crippen LogP contribution in [0.2, 0.25) is 5.02 Å². The molecule has 0 fully saturated rings. The first-order valence-corrected chi connectivity index (χ1v) is 5.28. The SMILES string of the molecule is NCc1cn(-c2ccc(Cl)c(C(F)(F)F)c2)nn1. The molecule has 2 N–H and O–H groups in total. The van der Waals surface area contributed by atoms with E-state index in [-0.39, 0.29) is 17.3 Å². The Morgan fingerprint density at radius 1 is 1.33 bits per heavy atom. The van der Waals surface area contributed by atoms with Crippen molar-refractivity contribution in [2.75, 3.05) is 0 Å². The summed E-state index contributed by atoms with van der Waals surface area (Å²) >= 11 is 5.52. The average Bonchev–Trinajstić information content (AvgIpc) is 2.76. The first-order chi connectivity index (χ1) is 8.41. The molecular formula is C10H8ClF3N4. The number of nitrogens with zero attached hydrogens (tertiary/aromatic N) is 3. The van der Waals surface area contributed by atoms with Crippen molar-refractivity contribution in [3.63, 3.8) is 0 Å². The quantitative estimate of drug-likeness (QED) is 0.916. The number of halogens is 4. The molecule has 1 heterocycles. The van der Waals surface area contributed by atoms with Crippen LogP contribution in [0.3, 0.4) is 0 Å². The molecule has 0 amide bonds. The van der Waals surface area contributed by atoms with E-state index in [1.54, 1.807) is 0 Å². The fourth-order valence-electron chi connectivity index (χ4n) is 1.39. The maximum Gasteiger partial charge on any atom is 0.417 e. The fraction of sp³-hybridized carbons (Fsp3) is 0.200. The van der Waals surface area contributed by atoms with E-state index in [1.165, 1.54) is 23.0 Å². The lowest BCUT2D eigenvalue weighted by molar-refractivity contribution is -0.137. The van der Waals surface area contributed by atoms with Crippen LogP contribution < -0.4 is 5.73 Å². The summed E-state index contributed by atoms with van der Waals surface area (Å²) in [7, 11) is 0. The molecule has 2 rings (SSSR count). The number of alkyl halides is 3. The van der Waals surface area contributed by atoms with Crippen LogP contribution in [0.15, 0.2) is 24.4 Å². The van der Waals surface area contributed by atoms with Crippen molar-refractivity contribution >= 4 is 11.6 Å². The van der Waals surface area contributed by atoms with Gasteiger partial charge in [-0.15, -0.1) is 5.10 Å². The van der Waals surface area contributed by atoms with Crippen molar-refractivity contribution in [1.82, 2.24) is 15.0 Å². The van der Waals surface area contributed by atoms with Gasteiger partial charge >= 0.3 is 6.18 Å². The van der Waals surface area contributed by atoms with Gasteiger partial charge in [-0.25, -0.2) is 4.68 Å². The van der Waals surface area contributed by atoms with E-state index < -0.39 is 11.7 Å². The summed E-state index contributed by atoms with van der Waals surface area (Å²) in [4.78, 5) is 0. The minimum Gasteiger partial charge on any atom is -0.325 e.